The molecule has 2 N–H and O–H groups in total. The minimum Gasteiger partial charge on any atom is -0.497 e. The lowest BCUT2D eigenvalue weighted by molar-refractivity contribution is -0.131. The molecule has 0 spiro atoms. The Kier molecular flexibility index (Phi) is 4.88. The summed E-state index contributed by atoms with van der Waals surface area (Å²) in [6.45, 7) is 0. The molecule has 0 heterocycles. The number of hydrogen-bond acceptors (Lipinski definition) is 3. The number of carbonyl (C=O) groups excluding carboxylic acids is 2. The fourth-order valence-electron chi connectivity index (χ4n) is 2.48. The average molecular weight is 379 g/mol. The summed E-state index contributed by atoms with van der Waals surface area (Å²) in [5, 5.41) is 6.33. The van der Waals surface area contributed by atoms with E-state index < -0.39 is 5.41 Å². The minimum atomic E-state index is -1.06. The highest BCUT2D eigenvalue weighted by atomic mass is 35.5. The topological polar surface area (TPSA) is 67.4 Å². The van der Waals surface area contributed by atoms with Crippen molar-refractivity contribution in [3.05, 3.63) is 52.5 Å². The second-order valence-corrected chi connectivity index (χ2v) is 6.75. The molecular formula is C18H16Cl2N2O3. The Labute approximate surface area is 155 Å². The van der Waals surface area contributed by atoms with Gasteiger partial charge in [-0.1, -0.05) is 23.2 Å². The summed E-state index contributed by atoms with van der Waals surface area (Å²) in [4.78, 5) is 25.1. The van der Waals surface area contributed by atoms with E-state index in [0.29, 0.717) is 40.0 Å². The third-order valence-corrected chi connectivity index (χ3v) is 4.52. The van der Waals surface area contributed by atoms with Crippen molar-refractivity contribution >= 4 is 46.4 Å². The molecule has 0 atom stereocenters. The van der Waals surface area contributed by atoms with Gasteiger partial charge in [0.05, 0.1) is 7.11 Å². The van der Waals surface area contributed by atoms with Gasteiger partial charge in [0.2, 0.25) is 11.8 Å². The molecule has 0 aliphatic heterocycles. The van der Waals surface area contributed by atoms with Crippen LogP contribution in [-0.4, -0.2) is 18.9 Å². The lowest BCUT2D eigenvalue weighted by Crippen LogP contribution is -2.35. The Balaban J connectivity index is 1.69. The van der Waals surface area contributed by atoms with E-state index in [9.17, 15) is 9.59 Å². The molecule has 0 unspecified atom stereocenters. The van der Waals surface area contributed by atoms with Crippen LogP contribution in [0.25, 0.3) is 0 Å². The summed E-state index contributed by atoms with van der Waals surface area (Å²) in [6, 6.07) is 11.7. The van der Waals surface area contributed by atoms with Crippen molar-refractivity contribution < 1.29 is 14.3 Å². The van der Waals surface area contributed by atoms with E-state index in [1.165, 1.54) is 0 Å². The van der Waals surface area contributed by atoms with Crippen molar-refractivity contribution in [1.29, 1.82) is 0 Å². The van der Waals surface area contributed by atoms with Gasteiger partial charge < -0.3 is 15.4 Å². The Morgan fingerprint density at radius 2 is 1.44 bits per heavy atom. The lowest BCUT2D eigenvalue weighted by Gasteiger charge is -2.16. The standard InChI is InChI=1S/C18H16Cl2N2O3/c1-25-15-4-2-13(3-5-15)21-16(23)18(6-7-18)17(24)22-14-9-11(19)8-12(20)10-14/h2-5,8-10H,6-7H2,1H3,(H,21,23)(H,22,24). The minimum absolute atomic E-state index is 0.330. The largest absolute Gasteiger partial charge is 0.497 e. The third kappa shape index (κ3) is 3.89. The second kappa shape index (κ2) is 6.94. The zero-order chi connectivity index (χ0) is 18.0. The van der Waals surface area contributed by atoms with Crippen LogP contribution in [0.3, 0.4) is 0 Å². The molecule has 1 saturated carbocycles. The van der Waals surface area contributed by atoms with Gasteiger partial charge in [0, 0.05) is 21.4 Å². The van der Waals surface area contributed by atoms with Gasteiger partial charge in [-0.05, 0) is 55.3 Å². The molecule has 5 nitrogen and oxygen atoms in total. The number of rotatable bonds is 5. The molecule has 3 rings (SSSR count). The molecule has 2 amide bonds. The van der Waals surface area contributed by atoms with Crippen LogP contribution in [0, 0.1) is 5.41 Å². The fraction of sp³-hybridized carbons (Fsp3) is 0.222. The zero-order valence-corrected chi connectivity index (χ0v) is 14.9. The smallest absolute Gasteiger partial charge is 0.240 e. The van der Waals surface area contributed by atoms with Gasteiger partial charge in [-0.3, -0.25) is 9.59 Å². The SMILES string of the molecule is COc1ccc(NC(=O)C2(C(=O)Nc3cc(Cl)cc(Cl)c3)CC2)cc1. The highest BCUT2D eigenvalue weighted by Gasteiger charge is 2.56. The highest BCUT2D eigenvalue weighted by molar-refractivity contribution is 6.35. The van der Waals surface area contributed by atoms with Crippen molar-refractivity contribution in [3.8, 4) is 5.75 Å². The van der Waals surface area contributed by atoms with Crippen LogP contribution < -0.4 is 15.4 Å². The number of amides is 2. The number of ether oxygens (including phenoxy) is 1. The summed E-state index contributed by atoms with van der Waals surface area (Å²) in [5.74, 6) is -0.00477. The number of benzene rings is 2. The molecule has 0 radical (unpaired) electrons. The van der Waals surface area contributed by atoms with E-state index in [1.54, 1.807) is 49.6 Å². The molecule has 130 valence electrons. The van der Waals surface area contributed by atoms with Crippen LogP contribution >= 0.6 is 23.2 Å². The molecule has 0 aromatic heterocycles. The molecule has 25 heavy (non-hydrogen) atoms. The molecule has 1 aliphatic rings. The first-order valence-electron chi connectivity index (χ1n) is 7.66. The average Bonchev–Trinajstić information content (AvgIpc) is 3.36. The molecular weight excluding hydrogens is 363 g/mol. The number of carbonyl (C=O) groups is 2. The van der Waals surface area contributed by atoms with Crippen LogP contribution in [0.5, 0.6) is 5.75 Å². The fourth-order valence-corrected chi connectivity index (χ4v) is 3.01. The van der Waals surface area contributed by atoms with Gasteiger partial charge in [-0.25, -0.2) is 0 Å². The van der Waals surface area contributed by atoms with Crippen molar-refractivity contribution in [2.75, 3.05) is 17.7 Å². The summed E-state index contributed by atoms with van der Waals surface area (Å²) < 4.78 is 5.08. The molecule has 2 aromatic rings. The summed E-state index contributed by atoms with van der Waals surface area (Å²) in [5.41, 5.74) is 0.0102. The van der Waals surface area contributed by atoms with E-state index in [4.69, 9.17) is 27.9 Å². The predicted molar refractivity (Wildman–Crippen MR) is 98.4 cm³/mol. The summed E-state index contributed by atoms with van der Waals surface area (Å²) in [6.07, 6.45) is 0.990. The summed E-state index contributed by atoms with van der Waals surface area (Å²) >= 11 is 11.9. The molecule has 7 heteroatoms. The van der Waals surface area contributed by atoms with E-state index in [1.807, 2.05) is 0 Å². The zero-order valence-electron chi connectivity index (χ0n) is 13.4. The maximum absolute atomic E-state index is 12.6. The Morgan fingerprint density at radius 3 is 1.92 bits per heavy atom. The summed E-state index contributed by atoms with van der Waals surface area (Å²) in [7, 11) is 1.57. The van der Waals surface area contributed by atoms with E-state index in [2.05, 4.69) is 10.6 Å². The van der Waals surface area contributed by atoms with Crippen LogP contribution in [0.15, 0.2) is 42.5 Å². The number of hydrogen-bond donors (Lipinski definition) is 2. The molecule has 1 aliphatic carbocycles. The Morgan fingerprint density at radius 1 is 0.920 bits per heavy atom. The van der Waals surface area contributed by atoms with Crippen LogP contribution in [0.1, 0.15) is 12.8 Å². The number of nitrogens with one attached hydrogen (secondary N) is 2. The second-order valence-electron chi connectivity index (χ2n) is 5.88. The first-order chi connectivity index (χ1) is 11.9. The van der Waals surface area contributed by atoms with Crippen molar-refractivity contribution in [2.24, 2.45) is 5.41 Å². The van der Waals surface area contributed by atoms with Crippen molar-refractivity contribution in [1.82, 2.24) is 0 Å². The predicted octanol–water partition coefficient (Wildman–Crippen LogP) is 4.36. The van der Waals surface area contributed by atoms with Gasteiger partial charge in [0.15, 0.2) is 0 Å². The van der Waals surface area contributed by atoms with Gasteiger partial charge in [0.25, 0.3) is 0 Å². The van der Waals surface area contributed by atoms with Gasteiger partial charge >= 0.3 is 0 Å². The quantitative estimate of drug-likeness (QED) is 0.759. The Bertz CT molecular complexity index is 797. The van der Waals surface area contributed by atoms with Gasteiger partial charge in [0.1, 0.15) is 11.2 Å². The number of methoxy groups -OCH3 is 1. The van der Waals surface area contributed by atoms with Gasteiger partial charge in [-0.15, -0.1) is 0 Å². The maximum atomic E-state index is 12.6. The number of halogens is 2. The normalized spacial score (nSPS) is 14.5. The monoisotopic (exact) mass is 378 g/mol. The Hall–Kier alpha value is -2.24. The maximum Gasteiger partial charge on any atom is 0.240 e. The molecule has 0 bridgehead atoms. The highest BCUT2D eigenvalue weighted by Crippen LogP contribution is 2.47. The van der Waals surface area contributed by atoms with Gasteiger partial charge in [-0.2, -0.15) is 0 Å². The molecule has 0 saturated heterocycles. The van der Waals surface area contributed by atoms with Crippen LogP contribution in [-0.2, 0) is 9.59 Å². The van der Waals surface area contributed by atoms with Crippen molar-refractivity contribution in [3.63, 3.8) is 0 Å². The molecule has 2 aromatic carbocycles. The number of anilines is 2. The first-order valence-corrected chi connectivity index (χ1v) is 8.42. The van der Waals surface area contributed by atoms with Crippen molar-refractivity contribution in [2.45, 2.75) is 12.8 Å². The van der Waals surface area contributed by atoms with E-state index in [0.717, 1.165) is 0 Å². The van der Waals surface area contributed by atoms with E-state index in [-0.39, 0.29) is 11.8 Å². The first kappa shape index (κ1) is 17.6. The third-order valence-electron chi connectivity index (χ3n) is 4.09. The van der Waals surface area contributed by atoms with E-state index >= 15 is 0 Å². The molecule has 1 fully saturated rings. The lowest BCUT2D eigenvalue weighted by atomic mass is 10.0. The van der Waals surface area contributed by atoms with Crippen LogP contribution in [0.2, 0.25) is 10.0 Å². The van der Waals surface area contributed by atoms with Crippen LogP contribution in [0.4, 0.5) is 11.4 Å².